The number of carbonyl (C=O) groups excluding carboxylic acids is 2. The second-order valence-electron chi connectivity index (χ2n) is 9.23. The summed E-state index contributed by atoms with van der Waals surface area (Å²) in [4.78, 5) is 44.5. The van der Waals surface area contributed by atoms with Crippen LogP contribution in [-0.2, 0) is 16.6 Å². The van der Waals surface area contributed by atoms with Gasteiger partial charge in [-0.25, -0.2) is 4.79 Å². The summed E-state index contributed by atoms with van der Waals surface area (Å²) in [6, 6.07) is 2.17. The van der Waals surface area contributed by atoms with Gasteiger partial charge in [-0.05, 0) is 38.3 Å². The highest BCUT2D eigenvalue weighted by Gasteiger charge is 2.38. The third-order valence-corrected chi connectivity index (χ3v) is 8.44. The normalized spacial score (nSPS) is 20.3. The first kappa shape index (κ1) is 26.2. The van der Waals surface area contributed by atoms with Crippen molar-refractivity contribution in [3.63, 3.8) is 0 Å². The molecule has 2 aliphatic heterocycles. The zero-order valence-electron chi connectivity index (χ0n) is 20.9. The smallest absolute Gasteiger partial charge is 0.409 e. The fourth-order valence-electron chi connectivity index (χ4n) is 5.17. The third-order valence-electron chi connectivity index (χ3n) is 7.11. The Balaban J connectivity index is 1.71. The van der Waals surface area contributed by atoms with Crippen molar-refractivity contribution in [2.24, 2.45) is 7.05 Å². The van der Waals surface area contributed by atoms with Crippen LogP contribution in [0.15, 0.2) is 9.70 Å². The quantitative estimate of drug-likeness (QED) is 0.433. The number of rotatable bonds is 4. The Morgan fingerprint density at radius 2 is 1.86 bits per heavy atom. The summed E-state index contributed by atoms with van der Waals surface area (Å²) in [5.74, 6) is 0.518. The van der Waals surface area contributed by atoms with Gasteiger partial charge >= 0.3 is 6.09 Å². The zero-order valence-corrected chi connectivity index (χ0v) is 22.5. The lowest BCUT2D eigenvalue weighted by molar-refractivity contribution is -0.124. The van der Waals surface area contributed by atoms with E-state index in [-0.39, 0.29) is 29.2 Å². The molecule has 0 radical (unpaired) electrons. The van der Waals surface area contributed by atoms with Crippen molar-refractivity contribution in [3.05, 3.63) is 31.9 Å². The van der Waals surface area contributed by atoms with E-state index < -0.39 is 0 Å². The number of amides is 2. The van der Waals surface area contributed by atoms with Crippen LogP contribution in [0.4, 0.5) is 10.6 Å². The molecule has 1 saturated carbocycles. The molecule has 192 valence electrons. The molecule has 9 nitrogen and oxygen atoms in total. The molecule has 0 bridgehead atoms. The van der Waals surface area contributed by atoms with Gasteiger partial charge in [0.15, 0.2) is 0 Å². The van der Waals surface area contributed by atoms with Gasteiger partial charge in [0.05, 0.1) is 11.5 Å². The standard InChI is InChI=1S/C25H31N5O4S2/c1-4-34-24(33)29-12-10-28(11-13-29)21-18(16(2)19(15-26)22(31)27(21)3)14-20-23(32)30(25(35)36-20)17-8-6-5-7-9-17/h14,17H,4-13H2,1-3H3/b20-14-. The van der Waals surface area contributed by atoms with E-state index in [4.69, 9.17) is 17.0 Å². The zero-order chi connectivity index (χ0) is 26.0. The van der Waals surface area contributed by atoms with Crippen LogP contribution >= 0.6 is 24.0 Å². The Bertz CT molecular complexity index is 1200. The number of anilines is 1. The summed E-state index contributed by atoms with van der Waals surface area (Å²) >= 11 is 6.87. The van der Waals surface area contributed by atoms with Crippen LogP contribution in [0.5, 0.6) is 0 Å². The molecule has 1 aromatic rings. The van der Waals surface area contributed by atoms with Gasteiger partial charge in [-0.2, -0.15) is 5.26 Å². The number of pyridine rings is 1. The minimum atomic E-state index is -0.385. The van der Waals surface area contributed by atoms with Gasteiger partial charge in [-0.3, -0.25) is 19.1 Å². The highest BCUT2D eigenvalue weighted by molar-refractivity contribution is 8.26. The van der Waals surface area contributed by atoms with Gasteiger partial charge in [0.1, 0.15) is 21.8 Å². The monoisotopic (exact) mass is 529 g/mol. The Morgan fingerprint density at radius 1 is 1.19 bits per heavy atom. The minimum Gasteiger partial charge on any atom is -0.450 e. The van der Waals surface area contributed by atoms with Crippen molar-refractivity contribution in [3.8, 4) is 6.07 Å². The van der Waals surface area contributed by atoms with Crippen molar-refractivity contribution in [1.82, 2.24) is 14.4 Å². The molecule has 11 heteroatoms. The van der Waals surface area contributed by atoms with Gasteiger partial charge in [-0.15, -0.1) is 0 Å². The molecule has 1 aromatic heterocycles. The molecule has 0 aromatic carbocycles. The van der Waals surface area contributed by atoms with Gasteiger partial charge < -0.3 is 14.5 Å². The van der Waals surface area contributed by atoms with Gasteiger partial charge in [0, 0.05) is 44.8 Å². The summed E-state index contributed by atoms with van der Waals surface area (Å²) in [6.07, 6.45) is 6.70. The molecule has 0 N–H and O–H groups in total. The average molecular weight is 530 g/mol. The Labute approximate surface area is 220 Å². The van der Waals surface area contributed by atoms with E-state index in [2.05, 4.69) is 0 Å². The molecule has 2 saturated heterocycles. The molecule has 0 spiro atoms. The van der Waals surface area contributed by atoms with Crippen LogP contribution in [0.25, 0.3) is 6.08 Å². The van der Waals surface area contributed by atoms with Crippen LogP contribution in [0.2, 0.25) is 0 Å². The maximum absolute atomic E-state index is 13.4. The van der Waals surface area contributed by atoms with Crippen molar-refractivity contribution in [2.75, 3.05) is 37.7 Å². The summed E-state index contributed by atoms with van der Waals surface area (Å²) < 4.78 is 7.15. The second kappa shape index (κ2) is 11.0. The molecule has 3 fully saturated rings. The average Bonchev–Trinajstić information content (AvgIpc) is 3.16. The number of thioether (sulfide) groups is 1. The Hall–Kier alpha value is -2.84. The second-order valence-corrected chi connectivity index (χ2v) is 10.9. The summed E-state index contributed by atoms with van der Waals surface area (Å²) in [7, 11) is 1.64. The maximum atomic E-state index is 13.4. The van der Waals surface area contributed by atoms with Gasteiger partial charge in [0.2, 0.25) is 0 Å². The van der Waals surface area contributed by atoms with E-state index in [0.29, 0.717) is 59.0 Å². The molecule has 1 aliphatic carbocycles. The number of ether oxygens (including phenoxy) is 1. The first-order valence-electron chi connectivity index (χ1n) is 12.4. The molecule has 36 heavy (non-hydrogen) atoms. The van der Waals surface area contributed by atoms with E-state index in [9.17, 15) is 19.6 Å². The van der Waals surface area contributed by atoms with Crippen LogP contribution in [0.1, 0.15) is 55.7 Å². The molecule has 0 atom stereocenters. The lowest BCUT2D eigenvalue weighted by Gasteiger charge is -2.37. The van der Waals surface area contributed by atoms with Crippen molar-refractivity contribution < 1.29 is 14.3 Å². The number of nitrogens with zero attached hydrogens (tertiary/aromatic N) is 5. The van der Waals surface area contributed by atoms with E-state index in [1.165, 1.54) is 22.7 Å². The lowest BCUT2D eigenvalue weighted by atomic mass is 9.94. The number of piperazine rings is 1. The number of hydrogen-bond acceptors (Lipinski definition) is 8. The summed E-state index contributed by atoms with van der Waals surface area (Å²) in [6.45, 7) is 5.68. The fraction of sp³-hybridized carbons (Fsp3) is 0.560. The summed E-state index contributed by atoms with van der Waals surface area (Å²) in [5.41, 5.74) is 0.860. The van der Waals surface area contributed by atoms with E-state index in [0.717, 1.165) is 25.7 Å². The van der Waals surface area contributed by atoms with Crippen LogP contribution in [0, 0.1) is 18.3 Å². The SMILES string of the molecule is CCOC(=O)N1CCN(c2c(/C=C3\SC(=S)N(C4CCCCC4)C3=O)c(C)c(C#N)c(=O)n2C)CC1. The third kappa shape index (κ3) is 4.89. The molecule has 3 heterocycles. The van der Waals surface area contributed by atoms with Crippen molar-refractivity contribution in [2.45, 2.75) is 52.0 Å². The van der Waals surface area contributed by atoms with Crippen LogP contribution < -0.4 is 10.5 Å². The van der Waals surface area contributed by atoms with Crippen molar-refractivity contribution in [1.29, 1.82) is 5.26 Å². The Kier molecular flexibility index (Phi) is 8.05. The fourth-order valence-corrected chi connectivity index (χ4v) is 6.56. The van der Waals surface area contributed by atoms with E-state index in [1.807, 2.05) is 11.0 Å². The highest BCUT2D eigenvalue weighted by atomic mass is 32.2. The summed E-state index contributed by atoms with van der Waals surface area (Å²) in [5, 5.41) is 9.71. The number of nitriles is 1. The molecular weight excluding hydrogens is 498 g/mol. The molecule has 3 aliphatic rings. The van der Waals surface area contributed by atoms with Crippen molar-refractivity contribution >= 4 is 52.2 Å². The van der Waals surface area contributed by atoms with Gasteiger partial charge in [-0.1, -0.05) is 43.2 Å². The van der Waals surface area contributed by atoms with E-state index in [1.54, 1.807) is 36.8 Å². The maximum Gasteiger partial charge on any atom is 0.409 e. The van der Waals surface area contributed by atoms with E-state index >= 15 is 0 Å². The number of thiocarbonyl (C=S) groups is 1. The molecule has 4 rings (SSSR count). The predicted molar refractivity (Wildman–Crippen MR) is 144 cm³/mol. The minimum absolute atomic E-state index is 0.0559. The first-order valence-corrected chi connectivity index (χ1v) is 13.6. The highest BCUT2D eigenvalue weighted by Crippen LogP contribution is 2.39. The molecule has 0 unspecified atom stereocenters. The molecule has 2 amide bonds. The predicted octanol–water partition coefficient (Wildman–Crippen LogP) is 3.38. The topological polar surface area (TPSA) is 98.9 Å². The number of hydrogen-bond donors (Lipinski definition) is 0. The first-order chi connectivity index (χ1) is 17.3. The van der Waals surface area contributed by atoms with Crippen LogP contribution in [0.3, 0.4) is 0 Å². The van der Waals surface area contributed by atoms with Gasteiger partial charge in [0.25, 0.3) is 11.5 Å². The largest absolute Gasteiger partial charge is 0.450 e. The number of aromatic nitrogens is 1. The molecular formula is C25H31N5O4S2. The number of carbonyl (C=O) groups is 2. The van der Waals surface area contributed by atoms with Crippen LogP contribution in [-0.4, -0.2) is 69.5 Å². The lowest BCUT2D eigenvalue weighted by Crippen LogP contribution is -2.50. The Morgan fingerprint density at radius 3 is 2.47 bits per heavy atom.